The van der Waals surface area contributed by atoms with E-state index in [1.807, 2.05) is 50.8 Å². The van der Waals surface area contributed by atoms with Gasteiger partial charge in [-0.05, 0) is 45.4 Å². The molecule has 1 amide bonds. The standard InChI is InChI=1S/C14H22N2O/c1-5-15-13-10-11(4)8-9-12(13)14(17)16(6-2)7-3/h8-10,15H,5-7H2,1-4H3. The lowest BCUT2D eigenvalue weighted by Gasteiger charge is -2.21. The highest BCUT2D eigenvalue weighted by Crippen LogP contribution is 2.19. The third kappa shape index (κ3) is 3.22. The van der Waals surface area contributed by atoms with Crippen LogP contribution in [0.5, 0.6) is 0 Å². The van der Waals surface area contributed by atoms with Crippen LogP contribution in [0.3, 0.4) is 0 Å². The Kier molecular flexibility index (Phi) is 5.01. The Labute approximate surface area is 104 Å². The smallest absolute Gasteiger partial charge is 0.255 e. The van der Waals surface area contributed by atoms with Crippen molar-refractivity contribution in [2.75, 3.05) is 25.0 Å². The molecule has 0 spiro atoms. The van der Waals surface area contributed by atoms with Crippen molar-refractivity contribution in [2.24, 2.45) is 0 Å². The van der Waals surface area contributed by atoms with Crippen LogP contribution in [-0.4, -0.2) is 30.4 Å². The molecule has 0 fully saturated rings. The van der Waals surface area contributed by atoms with Gasteiger partial charge in [0.15, 0.2) is 0 Å². The van der Waals surface area contributed by atoms with Gasteiger partial charge in [0, 0.05) is 25.3 Å². The van der Waals surface area contributed by atoms with Crippen LogP contribution < -0.4 is 5.32 Å². The Morgan fingerprint density at radius 1 is 1.24 bits per heavy atom. The summed E-state index contributed by atoms with van der Waals surface area (Å²) in [6.07, 6.45) is 0. The molecule has 0 radical (unpaired) electrons. The third-order valence-electron chi connectivity index (χ3n) is 2.82. The molecule has 0 aromatic heterocycles. The third-order valence-corrected chi connectivity index (χ3v) is 2.82. The van der Waals surface area contributed by atoms with Crippen molar-refractivity contribution in [3.05, 3.63) is 29.3 Å². The fraction of sp³-hybridized carbons (Fsp3) is 0.500. The van der Waals surface area contributed by atoms with Gasteiger partial charge in [0.25, 0.3) is 5.91 Å². The topological polar surface area (TPSA) is 32.3 Å². The summed E-state index contributed by atoms with van der Waals surface area (Å²) in [7, 11) is 0. The van der Waals surface area contributed by atoms with E-state index in [9.17, 15) is 4.79 Å². The highest BCUT2D eigenvalue weighted by Gasteiger charge is 2.15. The summed E-state index contributed by atoms with van der Waals surface area (Å²) in [5, 5.41) is 3.25. The second-order valence-corrected chi connectivity index (χ2v) is 4.06. The quantitative estimate of drug-likeness (QED) is 0.849. The second kappa shape index (κ2) is 6.28. The lowest BCUT2D eigenvalue weighted by atomic mass is 10.1. The first-order chi connectivity index (χ1) is 8.13. The van der Waals surface area contributed by atoms with E-state index in [4.69, 9.17) is 0 Å². The zero-order chi connectivity index (χ0) is 12.8. The molecule has 3 nitrogen and oxygen atoms in total. The van der Waals surface area contributed by atoms with E-state index in [2.05, 4.69) is 5.32 Å². The van der Waals surface area contributed by atoms with E-state index in [0.29, 0.717) is 0 Å². The van der Waals surface area contributed by atoms with Crippen molar-refractivity contribution in [2.45, 2.75) is 27.7 Å². The monoisotopic (exact) mass is 234 g/mol. The number of anilines is 1. The first kappa shape index (κ1) is 13.6. The second-order valence-electron chi connectivity index (χ2n) is 4.06. The summed E-state index contributed by atoms with van der Waals surface area (Å²) in [5.74, 6) is 0.103. The number of nitrogens with one attached hydrogen (secondary N) is 1. The Morgan fingerprint density at radius 2 is 1.88 bits per heavy atom. The zero-order valence-electron chi connectivity index (χ0n) is 11.2. The number of rotatable bonds is 5. The molecular weight excluding hydrogens is 212 g/mol. The van der Waals surface area contributed by atoms with Crippen molar-refractivity contribution in [3.8, 4) is 0 Å². The number of aryl methyl sites for hydroxylation is 1. The maximum atomic E-state index is 12.3. The van der Waals surface area contributed by atoms with Crippen molar-refractivity contribution in [1.82, 2.24) is 4.90 Å². The van der Waals surface area contributed by atoms with Crippen LogP contribution in [0.25, 0.3) is 0 Å². The molecule has 1 aromatic rings. The number of carbonyl (C=O) groups excluding carboxylic acids is 1. The maximum absolute atomic E-state index is 12.3. The van der Waals surface area contributed by atoms with Crippen molar-refractivity contribution >= 4 is 11.6 Å². The van der Waals surface area contributed by atoms with Crippen LogP contribution in [-0.2, 0) is 0 Å². The molecule has 1 rings (SSSR count). The minimum atomic E-state index is 0.103. The molecule has 0 aliphatic carbocycles. The molecule has 0 unspecified atom stereocenters. The molecular formula is C14H22N2O. The minimum absolute atomic E-state index is 0.103. The van der Waals surface area contributed by atoms with Gasteiger partial charge in [-0.25, -0.2) is 0 Å². The molecule has 1 aromatic carbocycles. The fourth-order valence-electron chi connectivity index (χ4n) is 1.86. The summed E-state index contributed by atoms with van der Waals surface area (Å²) in [6.45, 7) is 10.4. The Hall–Kier alpha value is -1.51. The average Bonchev–Trinajstić information content (AvgIpc) is 2.31. The summed E-state index contributed by atoms with van der Waals surface area (Å²) in [5.41, 5.74) is 2.86. The van der Waals surface area contributed by atoms with Gasteiger partial charge in [-0.15, -0.1) is 0 Å². The molecule has 1 N–H and O–H groups in total. The molecule has 17 heavy (non-hydrogen) atoms. The van der Waals surface area contributed by atoms with Crippen molar-refractivity contribution in [1.29, 1.82) is 0 Å². The van der Waals surface area contributed by atoms with Crippen LogP contribution in [0.4, 0.5) is 5.69 Å². The highest BCUT2D eigenvalue weighted by atomic mass is 16.2. The molecule has 0 aliphatic rings. The molecule has 0 saturated heterocycles. The van der Waals surface area contributed by atoms with Gasteiger partial charge in [-0.1, -0.05) is 6.07 Å². The van der Waals surface area contributed by atoms with Crippen molar-refractivity contribution in [3.63, 3.8) is 0 Å². The summed E-state index contributed by atoms with van der Waals surface area (Å²) in [6, 6.07) is 5.92. The van der Waals surface area contributed by atoms with E-state index in [1.54, 1.807) is 0 Å². The SMILES string of the molecule is CCNc1cc(C)ccc1C(=O)N(CC)CC. The van der Waals surface area contributed by atoms with Crippen LogP contribution in [0.2, 0.25) is 0 Å². The number of carbonyl (C=O) groups is 1. The van der Waals surface area contributed by atoms with Gasteiger partial charge in [0.2, 0.25) is 0 Å². The predicted octanol–water partition coefficient (Wildman–Crippen LogP) is 2.91. The van der Waals surface area contributed by atoms with Gasteiger partial charge in [0.1, 0.15) is 0 Å². The number of nitrogens with zero attached hydrogens (tertiary/aromatic N) is 1. The molecule has 94 valence electrons. The molecule has 0 aliphatic heterocycles. The van der Waals surface area contributed by atoms with E-state index in [0.717, 1.165) is 36.4 Å². The number of hydrogen-bond acceptors (Lipinski definition) is 2. The van der Waals surface area contributed by atoms with Crippen LogP contribution in [0.1, 0.15) is 36.7 Å². The van der Waals surface area contributed by atoms with Gasteiger partial charge >= 0.3 is 0 Å². The Balaban J connectivity index is 3.07. The first-order valence-corrected chi connectivity index (χ1v) is 6.27. The predicted molar refractivity (Wildman–Crippen MR) is 72.6 cm³/mol. The normalized spacial score (nSPS) is 10.1. The van der Waals surface area contributed by atoms with Crippen LogP contribution in [0.15, 0.2) is 18.2 Å². The molecule has 0 atom stereocenters. The number of hydrogen-bond donors (Lipinski definition) is 1. The summed E-state index contributed by atoms with van der Waals surface area (Å²) >= 11 is 0. The fourth-order valence-corrected chi connectivity index (χ4v) is 1.86. The van der Waals surface area contributed by atoms with Crippen molar-refractivity contribution < 1.29 is 4.79 Å². The molecule has 3 heteroatoms. The largest absolute Gasteiger partial charge is 0.385 e. The summed E-state index contributed by atoms with van der Waals surface area (Å²) < 4.78 is 0. The Bertz CT molecular complexity index is 384. The Morgan fingerprint density at radius 3 is 2.41 bits per heavy atom. The lowest BCUT2D eigenvalue weighted by molar-refractivity contribution is 0.0774. The minimum Gasteiger partial charge on any atom is -0.385 e. The molecule has 0 saturated carbocycles. The zero-order valence-corrected chi connectivity index (χ0v) is 11.2. The van der Waals surface area contributed by atoms with E-state index >= 15 is 0 Å². The van der Waals surface area contributed by atoms with Gasteiger partial charge in [-0.3, -0.25) is 4.79 Å². The van der Waals surface area contributed by atoms with E-state index in [1.165, 1.54) is 0 Å². The highest BCUT2D eigenvalue weighted by molar-refractivity contribution is 5.99. The van der Waals surface area contributed by atoms with E-state index < -0.39 is 0 Å². The van der Waals surface area contributed by atoms with Crippen LogP contribution in [0, 0.1) is 6.92 Å². The van der Waals surface area contributed by atoms with E-state index in [-0.39, 0.29) is 5.91 Å². The average molecular weight is 234 g/mol. The maximum Gasteiger partial charge on any atom is 0.255 e. The summed E-state index contributed by atoms with van der Waals surface area (Å²) in [4.78, 5) is 14.1. The number of benzene rings is 1. The molecule has 0 bridgehead atoms. The van der Waals surface area contributed by atoms with Gasteiger partial charge in [0.05, 0.1) is 5.56 Å². The first-order valence-electron chi connectivity index (χ1n) is 6.27. The molecule has 0 heterocycles. The number of amides is 1. The van der Waals surface area contributed by atoms with Gasteiger partial charge in [-0.2, -0.15) is 0 Å². The van der Waals surface area contributed by atoms with Crippen LogP contribution >= 0.6 is 0 Å². The lowest BCUT2D eigenvalue weighted by Crippen LogP contribution is -2.31. The van der Waals surface area contributed by atoms with Gasteiger partial charge < -0.3 is 10.2 Å².